The highest BCUT2D eigenvalue weighted by molar-refractivity contribution is 5.33. The minimum absolute atomic E-state index is 0.356. The van der Waals surface area contributed by atoms with Gasteiger partial charge in [0.2, 0.25) is 0 Å². The number of nitriles is 1. The Morgan fingerprint density at radius 1 is 1.33 bits per heavy atom. The second kappa shape index (κ2) is 5.12. The monoisotopic (exact) mass is 242 g/mol. The molecule has 0 aliphatic carbocycles. The van der Waals surface area contributed by atoms with E-state index in [9.17, 15) is 5.26 Å². The lowest BCUT2D eigenvalue weighted by Gasteiger charge is -2.30. The van der Waals surface area contributed by atoms with Crippen LogP contribution in [-0.4, -0.2) is 24.0 Å². The van der Waals surface area contributed by atoms with Crippen molar-refractivity contribution in [1.82, 2.24) is 4.90 Å². The largest absolute Gasteiger partial charge is 0.301 e. The van der Waals surface area contributed by atoms with E-state index in [1.165, 1.54) is 0 Å². The molecule has 2 atom stereocenters. The van der Waals surface area contributed by atoms with E-state index in [2.05, 4.69) is 43.9 Å². The maximum absolute atomic E-state index is 9.66. The third-order valence-corrected chi connectivity index (χ3v) is 4.37. The van der Waals surface area contributed by atoms with Gasteiger partial charge in [-0.1, -0.05) is 30.3 Å². The van der Waals surface area contributed by atoms with Gasteiger partial charge in [0.15, 0.2) is 0 Å². The zero-order valence-corrected chi connectivity index (χ0v) is 11.6. The third-order valence-electron chi connectivity index (χ3n) is 4.37. The van der Waals surface area contributed by atoms with Gasteiger partial charge in [-0.05, 0) is 45.2 Å². The third kappa shape index (κ3) is 2.28. The van der Waals surface area contributed by atoms with Gasteiger partial charge in [0.05, 0.1) is 11.5 Å². The number of nitrogens with zero attached hydrogens (tertiary/aromatic N) is 2. The van der Waals surface area contributed by atoms with Crippen molar-refractivity contribution in [2.24, 2.45) is 5.92 Å². The quantitative estimate of drug-likeness (QED) is 0.814. The van der Waals surface area contributed by atoms with Crippen LogP contribution in [0.15, 0.2) is 30.3 Å². The molecule has 2 rings (SSSR count). The van der Waals surface area contributed by atoms with Crippen molar-refractivity contribution in [3.8, 4) is 6.07 Å². The van der Waals surface area contributed by atoms with Gasteiger partial charge in [-0.3, -0.25) is 0 Å². The van der Waals surface area contributed by atoms with Crippen LogP contribution in [0.25, 0.3) is 0 Å². The topological polar surface area (TPSA) is 27.0 Å². The molecule has 1 heterocycles. The van der Waals surface area contributed by atoms with E-state index < -0.39 is 0 Å². The van der Waals surface area contributed by atoms with Crippen molar-refractivity contribution in [3.05, 3.63) is 35.9 Å². The average molecular weight is 242 g/mol. The molecular weight excluding hydrogens is 220 g/mol. The van der Waals surface area contributed by atoms with Crippen LogP contribution in [0, 0.1) is 17.2 Å². The number of benzene rings is 1. The molecule has 0 bridgehead atoms. The second-order valence-electron chi connectivity index (χ2n) is 5.75. The first-order chi connectivity index (χ1) is 8.58. The van der Waals surface area contributed by atoms with Crippen molar-refractivity contribution in [2.45, 2.75) is 38.6 Å². The van der Waals surface area contributed by atoms with Crippen LogP contribution in [-0.2, 0) is 5.41 Å². The molecule has 0 radical (unpaired) electrons. The zero-order valence-electron chi connectivity index (χ0n) is 11.6. The van der Waals surface area contributed by atoms with Crippen molar-refractivity contribution in [3.63, 3.8) is 0 Å². The van der Waals surface area contributed by atoms with Crippen LogP contribution < -0.4 is 0 Å². The highest BCUT2D eigenvalue weighted by atomic mass is 15.2. The van der Waals surface area contributed by atoms with Crippen LogP contribution in [0.3, 0.4) is 0 Å². The number of rotatable bonds is 3. The fraction of sp³-hybridized carbons (Fsp3) is 0.562. The lowest BCUT2D eigenvalue weighted by Crippen LogP contribution is -2.35. The van der Waals surface area contributed by atoms with Crippen LogP contribution in [0.5, 0.6) is 0 Å². The molecule has 18 heavy (non-hydrogen) atoms. The Morgan fingerprint density at radius 3 is 2.50 bits per heavy atom. The Labute approximate surface area is 110 Å². The predicted octanol–water partition coefficient (Wildman–Crippen LogP) is 3.20. The van der Waals surface area contributed by atoms with E-state index in [4.69, 9.17) is 0 Å². The Morgan fingerprint density at radius 2 is 2.00 bits per heavy atom. The lowest BCUT2D eigenvalue weighted by molar-refractivity contribution is 0.250. The van der Waals surface area contributed by atoms with Crippen LogP contribution in [0.2, 0.25) is 0 Å². The van der Waals surface area contributed by atoms with Crippen molar-refractivity contribution in [1.29, 1.82) is 5.26 Å². The molecule has 1 saturated heterocycles. The molecule has 1 aliphatic heterocycles. The van der Waals surface area contributed by atoms with Crippen LogP contribution in [0.4, 0.5) is 0 Å². The van der Waals surface area contributed by atoms with Crippen LogP contribution >= 0.6 is 0 Å². The molecule has 0 saturated carbocycles. The Kier molecular flexibility index (Phi) is 3.73. The summed E-state index contributed by atoms with van der Waals surface area (Å²) in [6.07, 6.45) is 1.12. The summed E-state index contributed by atoms with van der Waals surface area (Å²) in [6, 6.07) is 13.4. The smallest absolute Gasteiger partial charge is 0.0835 e. The van der Waals surface area contributed by atoms with E-state index >= 15 is 0 Å². The summed E-state index contributed by atoms with van der Waals surface area (Å²) >= 11 is 0. The zero-order chi connectivity index (χ0) is 13.2. The molecule has 96 valence electrons. The van der Waals surface area contributed by atoms with Gasteiger partial charge in [-0.2, -0.15) is 5.26 Å². The maximum Gasteiger partial charge on any atom is 0.0835 e. The van der Waals surface area contributed by atoms with E-state index in [-0.39, 0.29) is 5.41 Å². The molecule has 0 amide bonds. The Hall–Kier alpha value is -1.33. The van der Waals surface area contributed by atoms with Gasteiger partial charge in [-0.15, -0.1) is 0 Å². The minimum Gasteiger partial charge on any atom is -0.301 e. The molecule has 1 aromatic carbocycles. The van der Waals surface area contributed by atoms with Gasteiger partial charge < -0.3 is 4.90 Å². The summed E-state index contributed by atoms with van der Waals surface area (Å²) in [5.41, 5.74) is 0.799. The predicted molar refractivity (Wildman–Crippen MR) is 74.2 cm³/mol. The first-order valence-corrected chi connectivity index (χ1v) is 6.78. The Balaban J connectivity index is 2.23. The summed E-state index contributed by atoms with van der Waals surface area (Å²) in [4.78, 5) is 2.48. The maximum atomic E-state index is 9.66. The SMILES string of the molecule is CC(C)N1CC[C@@H]([C@](C)(C#N)c2ccccc2)C1. The first kappa shape index (κ1) is 13.1. The lowest BCUT2D eigenvalue weighted by atomic mass is 9.72. The summed E-state index contributed by atoms with van der Waals surface area (Å²) in [7, 11) is 0. The fourth-order valence-electron chi connectivity index (χ4n) is 2.90. The van der Waals surface area contributed by atoms with E-state index in [1.54, 1.807) is 0 Å². The highest BCUT2D eigenvalue weighted by Crippen LogP contribution is 2.37. The molecule has 1 aromatic rings. The van der Waals surface area contributed by atoms with Gasteiger partial charge in [0.25, 0.3) is 0 Å². The summed E-state index contributed by atoms with van der Waals surface area (Å²) in [6.45, 7) is 8.71. The molecule has 0 spiro atoms. The second-order valence-corrected chi connectivity index (χ2v) is 5.75. The first-order valence-electron chi connectivity index (χ1n) is 6.78. The highest BCUT2D eigenvalue weighted by Gasteiger charge is 2.40. The number of hydrogen-bond donors (Lipinski definition) is 0. The molecule has 0 unspecified atom stereocenters. The van der Waals surface area contributed by atoms with Crippen molar-refractivity contribution < 1.29 is 0 Å². The standard InChI is InChI=1S/C16H22N2/c1-13(2)18-10-9-15(11-18)16(3,12-17)14-7-5-4-6-8-14/h4-8,13,15H,9-11H2,1-3H3/t15-,16-/m1/s1. The molecular formula is C16H22N2. The Bertz CT molecular complexity index is 432. The molecule has 1 aliphatic rings. The van der Waals surface area contributed by atoms with E-state index in [1.807, 2.05) is 18.2 Å². The van der Waals surface area contributed by atoms with Crippen LogP contribution in [0.1, 0.15) is 32.8 Å². The van der Waals surface area contributed by atoms with Gasteiger partial charge in [0, 0.05) is 12.6 Å². The van der Waals surface area contributed by atoms with E-state index in [0.717, 1.165) is 25.1 Å². The molecule has 0 N–H and O–H groups in total. The summed E-state index contributed by atoms with van der Waals surface area (Å²) in [5.74, 6) is 0.437. The molecule has 2 nitrogen and oxygen atoms in total. The van der Waals surface area contributed by atoms with Crippen molar-refractivity contribution >= 4 is 0 Å². The number of likely N-dealkylation sites (tertiary alicyclic amines) is 1. The van der Waals surface area contributed by atoms with E-state index in [0.29, 0.717) is 12.0 Å². The number of hydrogen-bond acceptors (Lipinski definition) is 2. The molecule has 1 fully saturated rings. The van der Waals surface area contributed by atoms with Crippen molar-refractivity contribution in [2.75, 3.05) is 13.1 Å². The average Bonchev–Trinajstić information content (AvgIpc) is 2.89. The molecule has 0 aromatic heterocycles. The van der Waals surface area contributed by atoms with Gasteiger partial charge in [-0.25, -0.2) is 0 Å². The molecule has 2 heteroatoms. The minimum atomic E-state index is -0.356. The van der Waals surface area contributed by atoms with Gasteiger partial charge >= 0.3 is 0 Å². The fourth-order valence-corrected chi connectivity index (χ4v) is 2.90. The summed E-state index contributed by atoms with van der Waals surface area (Å²) in [5, 5.41) is 9.66. The normalized spacial score (nSPS) is 23.8. The summed E-state index contributed by atoms with van der Waals surface area (Å²) < 4.78 is 0. The van der Waals surface area contributed by atoms with Gasteiger partial charge in [0.1, 0.15) is 0 Å².